The summed E-state index contributed by atoms with van der Waals surface area (Å²) >= 11 is 0. The van der Waals surface area contributed by atoms with Crippen molar-refractivity contribution in [3.63, 3.8) is 0 Å². The van der Waals surface area contributed by atoms with Gasteiger partial charge in [0.15, 0.2) is 17.5 Å². The third-order valence-corrected chi connectivity index (χ3v) is 3.73. The van der Waals surface area contributed by atoms with E-state index < -0.39 is 41.5 Å². The zero-order valence-corrected chi connectivity index (χ0v) is 14.6. The lowest BCUT2D eigenvalue weighted by Crippen LogP contribution is -2.33. The molecule has 0 bridgehead atoms. The number of carbonyl (C=O) groups excluding carboxylic acids is 2. The van der Waals surface area contributed by atoms with Crippen molar-refractivity contribution >= 4 is 17.5 Å². The van der Waals surface area contributed by atoms with Crippen LogP contribution in [-0.2, 0) is 10.2 Å². The van der Waals surface area contributed by atoms with Gasteiger partial charge in [0.05, 0.1) is 12.2 Å². The molecule has 2 amide bonds. The largest absolute Gasteiger partial charge is 0.343 e. The fourth-order valence-corrected chi connectivity index (χ4v) is 2.20. The Morgan fingerprint density at radius 2 is 1.54 bits per heavy atom. The van der Waals surface area contributed by atoms with Crippen molar-refractivity contribution in [2.75, 3.05) is 11.9 Å². The van der Waals surface area contributed by atoms with E-state index in [9.17, 15) is 22.8 Å². The lowest BCUT2D eigenvalue weighted by Gasteiger charge is -2.19. The van der Waals surface area contributed by atoms with Crippen LogP contribution < -0.4 is 10.6 Å². The average molecular weight is 364 g/mol. The molecule has 138 valence electrons. The number of benzene rings is 2. The molecule has 2 rings (SSSR count). The molecule has 0 saturated carbocycles. The van der Waals surface area contributed by atoms with Crippen LogP contribution in [0.1, 0.15) is 36.7 Å². The molecule has 0 heterocycles. The van der Waals surface area contributed by atoms with Crippen LogP contribution in [0.25, 0.3) is 0 Å². The van der Waals surface area contributed by atoms with E-state index in [0.29, 0.717) is 11.6 Å². The number of halogens is 3. The molecule has 7 heteroatoms. The highest BCUT2D eigenvalue weighted by Crippen LogP contribution is 2.22. The van der Waals surface area contributed by atoms with E-state index >= 15 is 0 Å². The Labute approximate surface area is 149 Å². The number of rotatable bonds is 4. The molecule has 0 fully saturated rings. The molecule has 0 saturated heterocycles. The molecule has 0 aromatic heterocycles. The van der Waals surface area contributed by atoms with Crippen LogP contribution in [0.5, 0.6) is 0 Å². The molecule has 2 N–H and O–H groups in total. The van der Waals surface area contributed by atoms with Gasteiger partial charge in [0, 0.05) is 5.56 Å². The molecular weight excluding hydrogens is 345 g/mol. The molecule has 0 aliphatic heterocycles. The maximum absolute atomic E-state index is 13.5. The lowest BCUT2D eigenvalue weighted by atomic mass is 9.87. The van der Waals surface area contributed by atoms with Gasteiger partial charge in [-0.05, 0) is 35.2 Å². The van der Waals surface area contributed by atoms with Gasteiger partial charge in [0.2, 0.25) is 5.91 Å². The lowest BCUT2D eigenvalue weighted by molar-refractivity contribution is -0.115. The van der Waals surface area contributed by atoms with E-state index in [4.69, 9.17) is 0 Å². The summed E-state index contributed by atoms with van der Waals surface area (Å²) in [5.41, 5.74) is 0.867. The molecule has 0 unspecified atom stereocenters. The van der Waals surface area contributed by atoms with E-state index in [2.05, 4.69) is 10.6 Å². The van der Waals surface area contributed by atoms with Crippen LogP contribution in [0, 0.1) is 17.5 Å². The number of anilines is 1. The van der Waals surface area contributed by atoms with E-state index in [1.165, 1.54) is 0 Å². The number of hydrogen-bond acceptors (Lipinski definition) is 2. The molecule has 0 atom stereocenters. The van der Waals surface area contributed by atoms with Crippen molar-refractivity contribution in [3.8, 4) is 0 Å². The fraction of sp³-hybridized carbons (Fsp3) is 0.263. The zero-order chi connectivity index (χ0) is 19.5. The minimum absolute atomic E-state index is 0.0522. The summed E-state index contributed by atoms with van der Waals surface area (Å²) in [6, 6.07) is 8.53. The molecule has 0 radical (unpaired) electrons. The van der Waals surface area contributed by atoms with Gasteiger partial charge in [-0.3, -0.25) is 9.59 Å². The summed E-state index contributed by atoms with van der Waals surface area (Å²) in [7, 11) is 0. The van der Waals surface area contributed by atoms with Crippen molar-refractivity contribution in [3.05, 3.63) is 65.0 Å². The van der Waals surface area contributed by atoms with Gasteiger partial charge < -0.3 is 10.6 Å². The second kappa shape index (κ2) is 7.59. The summed E-state index contributed by atoms with van der Waals surface area (Å²) in [5, 5.41) is 4.46. The summed E-state index contributed by atoms with van der Waals surface area (Å²) in [6.07, 6.45) is 0. The summed E-state index contributed by atoms with van der Waals surface area (Å²) < 4.78 is 39.5. The topological polar surface area (TPSA) is 58.2 Å². The number of amides is 2. The second-order valence-electron chi connectivity index (χ2n) is 6.78. The quantitative estimate of drug-likeness (QED) is 0.812. The summed E-state index contributed by atoms with van der Waals surface area (Å²) in [4.78, 5) is 23.8. The minimum Gasteiger partial charge on any atom is -0.343 e. The maximum Gasteiger partial charge on any atom is 0.251 e. The molecule has 26 heavy (non-hydrogen) atoms. The van der Waals surface area contributed by atoms with E-state index in [-0.39, 0.29) is 5.41 Å². The first-order valence-corrected chi connectivity index (χ1v) is 7.91. The van der Waals surface area contributed by atoms with Crippen LogP contribution >= 0.6 is 0 Å². The van der Waals surface area contributed by atoms with Crippen molar-refractivity contribution < 1.29 is 22.8 Å². The van der Waals surface area contributed by atoms with Gasteiger partial charge in [-0.1, -0.05) is 32.9 Å². The molecule has 2 aromatic carbocycles. The third-order valence-electron chi connectivity index (χ3n) is 3.73. The van der Waals surface area contributed by atoms with Crippen LogP contribution in [0.2, 0.25) is 0 Å². The Balaban J connectivity index is 1.95. The molecule has 4 nitrogen and oxygen atoms in total. The highest BCUT2D eigenvalue weighted by Gasteiger charge is 2.17. The highest BCUT2D eigenvalue weighted by molar-refractivity contribution is 5.99. The second-order valence-corrected chi connectivity index (χ2v) is 6.78. The molecule has 2 aromatic rings. The van der Waals surface area contributed by atoms with Crippen LogP contribution in [0.15, 0.2) is 36.4 Å². The summed E-state index contributed by atoms with van der Waals surface area (Å²) in [6.45, 7) is 5.69. The monoisotopic (exact) mass is 364 g/mol. The molecular formula is C19H19F3N2O2. The Hall–Kier alpha value is -2.83. The van der Waals surface area contributed by atoms with Crippen LogP contribution in [0.4, 0.5) is 18.9 Å². The molecule has 0 aliphatic rings. The Morgan fingerprint density at radius 1 is 0.923 bits per heavy atom. The smallest absolute Gasteiger partial charge is 0.251 e. The van der Waals surface area contributed by atoms with E-state index in [1.54, 1.807) is 12.1 Å². The van der Waals surface area contributed by atoms with Crippen molar-refractivity contribution in [1.29, 1.82) is 0 Å². The van der Waals surface area contributed by atoms with Crippen LogP contribution in [-0.4, -0.2) is 18.4 Å². The standard InChI is InChI=1S/C19H19F3N2O2/c1-19(2,3)12-6-4-11(5-7-12)18(26)23-10-15(25)24-14-9-8-13(20)16(21)17(14)22/h4-9H,10H2,1-3H3,(H,23,26)(H,24,25). The first kappa shape index (κ1) is 19.5. The van der Waals surface area contributed by atoms with Gasteiger partial charge in [-0.25, -0.2) is 13.2 Å². The Kier molecular flexibility index (Phi) is 5.69. The third kappa shape index (κ3) is 4.62. The van der Waals surface area contributed by atoms with Gasteiger partial charge in [-0.15, -0.1) is 0 Å². The number of hydrogen-bond donors (Lipinski definition) is 2. The SMILES string of the molecule is CC(C)(C)c1ccc(C(=O)NCC(=O)Nc2ccc(F)c(F)c2F)cc1. The van der Waals surface area contributed by atoms with Gasteiger partial charge in [0.1, 0.15) is 0 Å². The van der Waals surface area contributed by atoms with Crippen molar-refractivity contribution in [2.24, 2.45) is 0 Å². The fourth-order valence-electron chi connectivity index (χ4n) is 2.20. The van der Waals surface area contributed by atoms with Crippen LogP contribution in [0.3, 0.4) is 0 Å². The number of carbonyl (C=O) groups is 2. The van der Waals surface area contributed by atoms with Crippen molar-refractivity contribution in [2.45, 2.75) is 26.2 Å². The zero-order valence-electron chi connectivity index (χ0n) is 14.6. The van der Waals surface area contributed by atoms with Gasteiger partial charge >= 0.3 is 0 Å². The summed E-state index contributed by atoms with van der Waals surface area (Å²) in [5.74, 6) is -5.78. The number of nitrogens with one attached hydrogen (secondary N) is 2. The highest BCUT2D eigenvalue weighted by atomic mass is 19.2. The maximum atomic E-state index is 13.5. The van der Waals surface area contributed by atoms with Gasteiger partial charge in [0.25, 0.3) is 5.91 Å². The average Bonchev–Trinajstić information content (AvgIpc) is 2.59. The van der Waals surface area contributed by atoms with E-state index in [0.717, 1.165) is 11.6 Å². The van der Waals surface area contributed by atoms with E-state index in [1.807, 2.05) is 32.9 Å². The van der Waals surface area contributed by atoms with Crippen molar-refractivity contribution in [1.82, 2.24) is 5.32 Å². The predicted molar refractivity (Wildman–Crippen MR) is 92.4 cm³/mol. The molecule has 0 spiro atoms. The minimum atomic E-state index is -1.68. The Morgan fingerprint density at radius 3 is 2.12 bits per heavy atom. The van der Waals surface area contributed by atoms with Gasteiger partial charge in [-0.2, -0.15) is 0 Å². The normalized spacial score (nSPS) is 11.2. The first-order chi connectivity index (χ1) is 12.1. The Bertz CT molecular complexity index is 828. The predicted octanol–water partition coefficient (Wildman–Crippen LogP) is 3.77. The molecule has 0 aliphatic carbocycles. The first-order valence-electron chi connectivity index (χ1n) is 7.91.